The summed E-state index contributed by atoms with van der Waals surface area (Å²) in [6, 6.07) is 9.28. The van der Waals surface area contributed by atoms with E-state index >= 15 is 0 Å². The third-order valence-electron chi connectivity index (χ3n) is 7.19. The number of hydrogen-bond donors (Lipinski definition) is 0. The van der Waals surface area contributed by atoms with Crippen LogP contribution in [0.3, 0.4) is 0 Å². The Bertz CT molecular complexity index is 997. The van der Waals surface area contributed by atoms with E-state index in [2.05, 4.69) is 27.7 Å². The molecule has 0 bridgehead atoms. The molecule has 0 fully saturated rings. The number of carbonyl (C=O) groups is 1. The summed E-state index contributed by atoms with van der Waals surface area (Å²) >= 11 is 0. The standard InChI is InChI=1S/C32H49O6P.Li.H/c1-8-12-14-23(10-3)21-37-25-16-17-30(27(18-25)38-22-24(11-4)15-13-9-2)39-32(33)31-28(35-6)19-26(34-5)20-29(31)36-7;;/h16-20,23-24,39H,8-15,21-22H2,1-7H3;;/q;+1;-1. The van der Waals surface area contributed by atoms with Gasteiger partial charge in [0.05, 0.1) is 34.5 Å². The van der Waals surface area contributed by atoms with Gasteiger partial charge in [-0.3, -0.25) is 4.79 Å². The number of methoxy groups -OCH3 is 3. The van der Waals surface area contributed by atoms with Gasteiger partial charge in [-0.05, 0) is 45.4 Å². The second-order valence-electron chi connectivity index (χ2n) is 9.97. The SMILES string of the molecule is CCCCC(CC)COc1ccc(PC(=O)c2c(OC)cc(OC)cc2OC)c(OCC(CC)CCCC)c1.[H-].[Li+]. The van der Waals surface area contributed by atoms with E-state index in [0.29, 0.717) is 53.6 Å². The quantitative estimate of drug-likeness (QED) is 0.162. The van der Waals surface area contributed by atoms with Crippen LogP contribution in [0.2, 0.25) is 0 Å². The van der Waals surface area contributed by atoms with Crippen molar-refractivity contribution in [1.29, 1.82) is 0 Å². The number of ether oxygens (including phenoxy) is 5. The fraction of sp³-hybridized carbons (Fsp3) is 0.594. The predicted octanol–water partition coefficient (Wildman–Crippen LogP) is 5.16. The van der Waals surface area contributed by atoms with Gasteiger partial charge in [0.25, 0.3) is 0 Å². The fourth-order valence-electron chi connectivity index (χ4n) is 4.45. The molecule has 2 rings (SSSR count). The van der Waals surface area contributed by atoms with Crippen molar-refractivity contribution >= 4 is 19.4 Å². The summed E-state index contributed by atoms with van der Waals surface area (Å²) in [5.41, 5.74) is 0.315. The molecule has 0 aliphatic rings. The van der Waals surface area contributed by atoms with Crippen molar-refractivity contribution in [3.8, 4) is 28.7 Å². The Morgan fingerprint density at radius 1 is 0.750 bits per heavy atom. The van der Waals surface area contributed by atoms with Crippen LogP contribution in [0, 0.1) is 11.8 Å². The molecule has 3 atom stereocenters. The maximum absolute atomic E-state index is 13.6. The predicted molar refractivity (Wildman–Crippen MR) is 164 cm³/mol. The summed E-state index contributed by atoms with van der Waals surface area (Å²) in [5, 5.41) is 0.843. The van der Waals surface area contributed by atoms with E-state index in [-0.39, 0.29) is 34.4 Å². The minimum absolute atomic E-state index is 0. The molecule has 0 spiro atoms. The molecule has 2 aromatic carbocycles. The van der Waals surface area contributed by atoms with E-state index in [0.717, 1.165) is 30.3 Å². The van der Waals surface area contributed by atoms with E-state index in [1.54, 1.807) is 33.5 Å². The normalized spacial score (nSPS) is 12.5. The zero-order valence-corrected chi connectivity index (χ0v) is 27.1. The van der Waals surface area contributed by atoms with Gasteiger partial charge in [-0.15, -0.1) is 0 Å². The van der Waals surface area contributed by atoms with E-state index < -0.39 is 0 Å². The summed E-state index contributed by atoms with van der Waals surface area (Å²) in [5.74, 6) is 3.91. The van der Waals surface area contributed by atoms with Crippen LogP contribution in [-0.4, -0.2) is 40.1 Å². The molecule has 0 amide bonds. The molecule has 0 saturated heterocycles. The van der Waals surface area contributed by atoms with Gasteiger partial charge >= 0.3 is 18.9 Å². The first kappa shape index (κ1) is 36.2. The largest absolute Gasteiger partial charge is 1.00 e. The second kappa shape index (κ2) is 20.1. The molecule has 8 heteroatoms. The van der Waals surface area contributed by atoms with Crippen LogP contribution in [0.15, 0.2) is 30.3 Å². The monoisotopic (exact) mass is 568 g/mol. The van der Waals surface area contributed by atoms with Crippen LogP contribution in [0.4, 0.5) is 0 Å². The molecule has 6 nitrogen and oxygen atoms in total. The molecule has 0 N–H and O–H groups in total. The van der Waals surface area contributed by atoms with E-state index in [1.807, 2.05) is 18.2 Å². The summed E-state index contributed by atoms with van der Waals surface area (Å²) in [7, 11) is 4.48. The molecule has 3 unspecified atom stereocenters. The van der Waals surface area contributed by atoms with E-state index in [9.17, 15) is 4.79 Å². The molecule has 2 aromatic rings. The van der Waals surface area contributed by atoms with Crippen molar-refractivity contribution in [2.45, 2.75) is 79.1 Å². The minimum Gasteiger partial charge on any atom is -1.00 e. The van der Waals surface area contributed by atoms with Crippen molar-refractivity contribution in [2.75, 3.05) is 34.5 Å². The van der Waals surface area contributed by atoms with E-state index in [1.165, 1.54) is 32.1 Å². The second-order valence-corrected chi connectivity index (χ2v) is 11.2. The Morgan fingerprint density at radius 2 is 1.27 bits per heavy atom. The first-order chi connectivity index (χ1) is 18.9. The van der Waals surface area contributed by atoms with Gasteiger partial charge in [0.1, 0.15) is 34.3 Å². The van der Waals surface area contributed by atoms with Crippen molar-refractivity contribution in [1.82, 2.24) is 0 Å². The van der Waals surface area contributed by atoms with Crippen molar-refractivity contribution in [3.05, 3.63) is 35.9 Å². The Kier molecular flexibility index (Phi) is 18.2. The molecule has 0 aromatic heterocycles. The molecule has 0 radical (unpaired) electrons. The Morgan fingerprint density at radius 3 is 1.75 bits per heavy atom. The van der Waals surface area contributed by atoms with Gasteiger partial charge in [0, 0.05) is 23.5 Å². The zero-order chi connectivity index (χ0) is 28.6. The zero-order valence-electron chi connectivity index (χ0n) is 27.1. The third kappa shape index (κ3) is 11.2. The molecule has 0 heterocycles. The molecular formula is C32H50LiO6P. The smallest absolute Gasteiger partial charge is 1.00 e. The van der Waals surface area contributed by atoms with Crippen LogP contribution in [-0.2, 0) is 0 Å². The Labute approximate surface area is 257 Å². The number of unbranched alkanes of at least 4 members (excludes halogenated alkanes) is 2. The summed E-state index contributed by atoms with van der Waals surface area (Å²) in [6.45, 7) is 10.2. The first-order valence-electron chi connectivity index (χ1n) is 14.4. The Balaban J connectivity index is 0.00000800. The molecule has 0 aliphatic heterocycles. The maximum Gasteiger partial charge on any atom is 1.00 e. The van der Waals surface area contributed by atoms with Gasteiger partial charge in [-0.1, -0.05) is 66.2 Å². The van der Waals surface area contributed by atoms with Crippen LogP contribution >= 0.6 is 8.58 Å². The van der Waals surface area contributed by atoms with Gasteiger partial charge < -0.3 is 25.1 Å². The van der Waals surface area contributed by atoms with Crippen LogP contribution in [0.5, 0.6) is 28.7 Å². The molecule has 220 valence electrons. The van der Waals surface area contributed by atoms with Crippen molar-refractivity contribution < 1.29 is 48.8 Å². The first-order valence-corrected chi connectivity index (χ1v) is 15.4. The van der Waals surface area contributed by atoms with Gasteiger partial charge in [0.15, 0.2) is 5.52 Å². The number of hydrogen-bond acceptors (Lipinski definition) is 6. The van der Waals surface area contributed by atoms with Crippen LogP contribution in [0.25, 0.3) is 0 Å². The van der Waals surface area contributed by atoms with Gasteiger partial charge in [-0.25, -0.2) is 0 Å². The van der Waals surface area contributed by atoms with Crippen molar-refractivity contribution in [3.63, 3.8) is 0 Å². The average molecular weight is 569 g/mol. The number of rotatable bonds is 20. The van der Waals surface area contributed by atoms with Crippen LogP contribution in [0.1, 0.15) is 90.8 Å². The summed E-state index contributed by atoms with van der Waals surface area (Å²) in [6.07, 6.45) is 9.22. The fourth-order valence-corrected chi connectivity index (χ4v) is 5.50. The van der Waals surface area contributed by atoms with Gasteiger partial charge in [-0.2, -0.15) is 0 Å². The molecule has 0 aliphatic carbocycles. The van der Waals surface area contributed by atoms with Crippen molar-refractivity contribution in [2.24, 2.45) is 11.8 Å². The molecular weight excluding hydrogens is 518 g/mol. The summed E-state index contributed by atoms with van der Waals surface area (Å²) < 4.78 is 29.0. The molecule has 0 saturated carbocycles. The summed E-state index contributed by atoms with van der Waals surface area (Å²) in [4.78, 5) is 13.6. The molecule has 40 heavy (non-hydrogen) atoms. The minimum atomic E-state index is -0.171. The Hall–Kier alpha value is -1.86. The number of benzene rings is 2. The third-order valence-corrected chi connectivity index (χ3v) is 8.35. The average Bonchev–Trinajstić information content (AvgIpc) is 2.97. The topological polar surface area (TPSA) is 63.2 Å². The van der Waals surface area contributed by atoms with Gasteiger partial charge in [0.2, 0.25) is 0 Å². The van der Waals surface area contributed by atoms with E-state index in [4.69, 9.17) is 23.7 Å². The van der Waals surface area contributed by atoms with Crippen LogP contribution < -0.4 is 47.8 Å². The maximum atomic E-state index is 13.6. The number of carbonyl (C=O) groups excluding carboxylic acids is 1.